The molecule has 3 nitrogen and oxygen atoms in total. The highest BCUT2D eigenvalue weighted by atomic mass is 35.5. The summed E-state index contributed by atoms with van der Waals surface area (Å²) in [5, 5.41) is 4.01. The molecule has 1 atom stereocenters. The monoisotopic (exact) mass is 287 g/mol. The van der Waals surface area contributed by atoms with Crippen molar-refractivity contribution in [3.8, 4) is 0 Å². The second-order valence-electron chi connectivity index (χ2n) is 5.20. The molecule has 0 spiro atoms. The van der Waals surface area contributed by atoms with Gasteiger partial charge in [-0.25, -0.2) is 9.97 Å². The topological polar surface area (TPSA) is 37.8 Å². The van der Waals surface area contributed by atoms with Crippen LogP contribution in [-0.2, 0) is 19.3 Å². The fourth-order valence-corrected chi connectivity index (χ4v) is 2.93. The van der Waals surface area contributed by atoms with Crippen molar-refractivity contribution in [3.05, 3.63) is 52.4 Å². The van der Waals surface area contributed by atoms with Gasteiger partial charge in [0.15, 0.2) is 0 Å². The summed E-state index contributed by atoms with van der Waals surface area (Å²) in [4.78, 5) is 8.69. The van der Waals surface area contributed by atoms with Crippen molar-refractivity contribution >= 4 is 17.4 Å². The maximum atomic E-state index is 6.04. The summed E-state index contributed by atoms with van der Waals surface area (Å²) in [7, 11) is 0. The van der Waals surface area contributed by atoms with Gasteiger partial charge in [-0.2, -0.15) is 0 Å². The predicted molar refractivity (Wildman–Crippen MR) is 82.3 cm³/mol. The van der Waals surface area contributed by atoms with Crippen molar-refractivity contribution in [2.45, 2.75) is 38.6 Å². The fourth-order valence-electron chi connectivity index (χ4n) is 2.73. The minimum Gasteiger partial charge on any atom is -0.367 e. The van der Waals surface area contributed by atoms with E-state index in [4.69, 9.17) is 11.6 Å². The molecule has 0 saturated carbocycles. The Kier molecular flexibility index (Phi) is 3.88. The number of nitrogens with zero attached hydrogens (tertiary/aromatic N) is 2. The van der Waals surface area contributed by atoms with Gasteiger partial charge in [0, 0.05) is 18.5 Å². The smallest absolute Gasteiger partial charge is 0.134 e. The Morgan fingerprint density at radius 2 is 2.05 bits per heavy atom. The Hall–Kier alpha value is -1.61. The zero-order valence-corrected chi connectivity index (χ0v) is 12.3. The molecule has 1 heterocycles. The van der Waals surface area contributed by atoms with Crippen molar-refractivity contribution in [1.29, 1.82) is 0 Å². The van der Waals surface area contributed by atoms with E-state index < -0.39 is 0 Å². The van der Waals surface area contributed by atoms with Gasteiger partial charge in [-0.3, -0.25) is 0 Å². The maximum Gasteiger partial charge on any atom is 0.134 e. The largest absolute Gasteiger partial charge is 0.367 e. The van der Waals surface area contributed by atoms with Gasteiger partial charge in [-0.1, -0.05) is 42.8 Å². The molecule has 20 heavy (non-hydrogen) atoms. The highest BCUT2D eigenvalue weighted by molar-refractivity contribution is 6.29. The summed E-state index contributed by atoms with van der Waals surface area (Å²) in [5.74, 6) is 1.63. The SMILES string of the molecule is CCc1nc(Cl)cc(NC2CCc3ccccc3C2)n1. The first kappa shape index (κ1) is 13.4. The van der Waals surface area contributed by atoms with Crippen LogP contribution in [0.1, 0.15) is 30.3 Å². The zero-order valence-electron chi connectivity index (χ0n) is 11.6. The summed E-state index contributed by atoms with van der Waals surface area (Å²) < 4.78 is 0. The number of hydrogen-bond donors (Lipinski definition) is 1. The van der Waals surface area contributed by atoms with E-state index in [1.165, 1.54) is 11.1 Å². The molecule has 1 N–H and O–H groups in total. The van der Waals surface area contributed by atoms with E-state index >= 15 is 0 Å². The van der Waals surface area contributed by atoms with Crippen LogP contribution in [0, 0.1) is 0 Å². The Morgan fingerprint density at radius 3 is 2.85 bits per heavy atom. The van der Waals surface area contributed by atoms with Crippen molar-refractivity contribution in [3.63, 3.8) is 0 Å². The summed E-state index contributed by atoms with van der Waals surface area (Å²) in [6.45, 7) is 2.03. The van der Waals surface area contributed by atoms with Crippen LogP contribution >= 0.6 is 11.6 Å². The second kappa shape index (κ2) is 5.80. The molecule has 4 heteroatoms. The van der Waals surface area contributed by atoms with Gasteiger partial charge < -0.3 is 5.32 Å². The van der Waals surface area contributed by atoms with Gasteiger partial charge in [0.25, 0.3) is 0 Å². The van der Waals surface area contributed by atoms with E-state index in [1.807, 2.05) is 6.92 Å². The number of anilines is 1. The minimum absolute atomic E-state index is 0.417. The molecule has 3 rings (SSSR count). The zero-order chi connectivity index (χ0) is 13.9. The fraction of sp³-hybridized carbons (Fsp3) is 0.375. The number of fused-ring (bicyclic) bond motifs is 1. The number of nitrogens with one attached hydrogen (secondary N) is 1. The van der Waals surface area contributed by atoms with Crippen LogP contribution in [0.4, 0.5) is 5.82 Å². The normalized spacial score (nSPS) is 17.6. The van der Waals surface area contributed by atoms with E-state index in [2.05, 4.69) is 39.6 Å². The Morgan fingerprint density at radius 1 is 1.25 bits per heavy atom. The van der Waals surface area contributed by atoms with Gasteiger partial charge in [-0.15, -0.1) is 0 Å². The van der Waals surface area contributed by atoms with Crippen LogP contribution in [0.15, 0.2) is 30.3 Å². The molecule has 104 valence electrons. The minimum atomic E-state index is 0.417. The van der Waals surface area contributed by atoms with Gasteiger partial charge in [0.1, 0.15) is 16.8 Å². The number of halogens is 1. The third-order valence-corrected chi connectivity index (χ3v) is 3.95. The second-order valence-corrected chi connectivity index (χ2v) is 5.59. The molecule has 0 amide bonds. The molecule has 1 aliphatic carbocycles. The van der Waals surface area contributed by atoms with Crippen LogP contribution in [0.3, 0.4) is 0 Å². The molecule has 2 aromatic rings. The van der Waals surface area contributed by atoms with Crippen LogP contribution in [-0.4, -0.2) is 16.0 Å². The molecule has 0 bridgehead atoms. The van der Waals surface area contributed by atoms with E-state index in [0.29, 0.717) is 11.2 Å². The molecule has 1 aromatic carbocycles. The van der Waals surface area contributed by atoms with E-state index in [-0.39, 0.29) is 0 Å². The standard InChI is InChI=1S/C16H18ClN3/c1-2-15-19-14(17)10-16(20-15)18-13-8-7-11-5-3-4-6-12(11)9-13/h3-6,10,13H,2,7-9H2,1H3,(H,18,19,20). The van der Waals surface area contributed by atoms with Crippen LogP contribution in [0.25, 0.3) is 0 Å². The van der Waals surface area contributed by atoms with Gasteiger partial charge >= 0.3 is 0 Å². The molecular formula is C16H18ClN3. The average Bonchev–Trinajstić information content (AvgIpc) is 2.46. The number of hydrogen-bond acceptors (Lipinski definition) is 3. The summed E-state index contributed by atoms with van der Waals surface area (Å²) in [6.07, 6.45) is 4.08. The number of rotatable bonds is 3. The third kappa shape index (κ3) is 2.93. The number of benzene rings is 1. The first-order chi connectivity index (χ1) is 9.74. The van der Waals surface area contributed by atoms with Crippen molar-refractivity contribution < 1.29 is 0 Å². The van der Waals surface area contributed by atoms with Gasteiger partial charge in [0.05, 0.1) is 0 Å². The Balaban J connectivity index is 1.75. The van der Waals surface area contributed by atoms with E-state index in [9.17, 15) is 0 Å². The van der Waals surface area contributed by atoms with Crippen molar-refractivity contribution in [1.82, 2.24) is 9.97 Å². The van der Waals surface area contributed by atoms with Crippen LogP contribution in [0.2, 0.25) is 5.15 Å². The molecule has 1 aliphatic rings. The highest BCUT2D eigenvalue weighted by Crippen LogP contribution is 2.23. The van der Waals surface area contributed by atoms with Crippen molar-refractivity contribution in [2.75, 3.05) is 5.32 Å². The number of aryl methyl sites for hydroxylation is 2. The quantitative estimate of drug-likeness (QED) is 0.876. The van der Waals surface area contributed by atoms with E-state index in [1.54, 1.807) is 6.07 Å². The lowest BCUT2D eigenvalue weighted by molar-refractivity contribution is 0.608. The van der Waals surface area contributed by atoms with Gasteiger partial charge in [-0.05, 0) is 30.4 Å². The van der Waals surface area contributed by atoms with Crippen LogP contribution < -0.4 is 5.32 Å². The molecule has 0 radical (unpaired) electrons. The highest BCUT2D eigenvalue weighted by Gasteiger charge is 2.18. The Bertz CT molecular complexity index is 612. The lowest BCUT2D eigenvalue weighted by atomic mass is 9.88. The maximum absolute atomic E-state index is 6.04. The molecule has 1 aromatic heterocycles. The molecule has 0 saturated heterocycles. The van der Waals surface area contributed by atoms with E-state index in [0.717, 1.165) is 37.3 Å². The Labute approximate surface area is 124 Å². The number of aromatic nitrogens is 2. The van der Waals surface area contributed by atoms with Crippen LogP contribution in [0.5, 0.6) is 0 Å². The predicted octanol–water partition coefficient (Wildman–Crippen LogP) is 3.66. The first-order valence-corrected chi connectivity index (χ1v) is 7.49. The molecule has 1 unspecified atom stereocenters. The summed E-state index contributed by atoms with van der Waals surface area (Å²) >= 11 is 6.04. The third-order valence-electron chi connectivity index (χ3n) is 3.76. The first-order valence-electron chi connectivity index (χ1n) is 7.11. The summed E-state index contributed by atoms with van der Waals surface area (Å²) in [6, 6.07) is 10.9. The molecular weight excluding hydrogens is 270 g/mol. The molecule has 0 fully saturated rings. The van der Waals surface area contributed by atoms with Crippen molar-refractivity contribution in [2.24, 2.45) is 0 Å². The lowest BCUT2D eigenvalue weighted by Crippen LogP contribution is -2.27. The average molecular weight is 288 g/mol. The lowest BCUT2D eigenvalue weighted by Gasteiger charge is -2.26. The van der Waals surface area contributed by atoms with Gasteiger partial charge in [0.2, 0.25) is 0 Å². The molecule has 0 aliphatic heterocycles. The summed E-state index contributed by atoms with van der Waals surface area (Å²) in [5.41, 5.74) is 2.91.